The second kappa shape index (κ2) is 9.33. The zero-order chi connectivity index (χ0) is 20.3. The van der Waals surface area contributed by atoms with Crippen LogP contribution >= 0.6 is 0 Å². The Morgan fingerprint density at radius 3 is 2.68 bits per heavy atom. The lowest BCUT2D eigenvalue weighted by atomic mass is 9.64. The van der Waals surface area contributed by atoms with Crippen LogP contribution in [0.3, 0.4) is 0 Å². The first-order valence-corrected chi connectivity index (χ1v) is 12.1. The van der Waals surface area contributed by atoms with Gasteiger partial charge in [0.15, 0.2) is 0 Å². The van der Waals surface area contributed by atoms with Gasteiger partial charge in [-0.25, -0.2) is 0 Å². The molecule has 0 saturated heterocycles. The molecule has 0 radical (unpaired) electrons. The number of hydrogen-bond donors (Lipinski definition) is 1. The molecule has 28 heavy (non-hydrogen) atoms. The third kappa shape index (κ3) is 4.84. The van der Waals surface area contributed by atoms with Gasteiger partial charge in [0.1, 0.15) is 0 Å². The van der Waals surface area contributed by atoms with Crippen LogP contribution in [0.2, 0.25) is 0 Å². The third-order valence-electron chi connectivity index (χ3n) is 8.23. The summed E-state index contributed by atoms with van der Waals surface area (Å²) in [6.07, 6.45) is 17.0. The minimum Gasteiger partial charge on any atom is -0.393 e. The minimum atomic E-state index is -0.159. The molecule has 0 aliphatic heterocycles. The SMILES string of the molecule is C=C1CC[C@H](O)C/C1=C/CC1=C2CC[C@H]([C@H](C)CCCC(C)C)[C@@]2(C)CCC1. The maximum atomic E-state index is 10.0. The summed E-state index contributed by atoms with van der Waals surface area (Å²) in [4.78, 5) is 0. The molecular formula is C27H44O. The van der Waals surface area contributed by atoms with Gasteiger partial charge in [0.25, 0.3) is 0 Å². The molecule has 2 saturated carbocycles. The highest BCUT2D eigenvalue weighted by molar-refractivity contribution is 5.35. The molecule has 0 bridgehead atoms. The van der Waals surface area contributed by atoms with Crippen LogP contribution in [0.1, 0.15) is 105 Å². The van der Waals surface area contributed by atoms with E-state index in [0.717, 1.165) is 43.4 Å². The number of rotatable bonds is 7. The summed E-state index contributed by atoms with van der Waals surface area (Å²) in [5.74, 6) is 2.57. The fourth-order valence-electron chi connectivity index (χ4n) is 6.53. The summed E-state index contributed by atoms with van der Waals surface area (Å²) in [7, 11) is 0. The Labute approximate surface area is 174 Å². The summed E-state index contributed by atoms with van der Waals surface area (Å²) >= 11 is 0. The van der Waals surface area contributed by atoms with Crippen molar-refractivity contribution in [3.8, 4) is 0 Å². The van der Waals surface area contributed by atoms with Crippen molar-refractivity contribution in [2.75, 3.05) is 0 Å². The van der Waals surface area contributed by atoms with E-state index in [1.165, 1.54) is 62.5 Å². The van der Waals surface area contributed by atoms with Crippen LogP contribution in [-0.4, -0.2) is 11.2 Å². The predicted molar refractivity (Wildman–Crippen MR) is 121 cm³/mol. The molecule has 3 aliphatic carbocycles. The standard InChI is InChI=1S/C27H44O/c1-19(2)8-6-9-21(4)25-15-16-26-22(10-7-17-27(25,26)5)12-13-23-18-24(28)14-11-20(23)3/h13,19,21,24-25,28H,3,6-12,14-18H2,1-2,4-5H3/b23-13-/t21-,24+,25-,27-/m1/s1. The first-order chi connectivity index (χ1) is 13.3. The van der Waals surface area contributed by atoms with Crippen molar-refractivity contribution in [1.29, 1.82) is 0 Å². The van der Waals surface area contributed by atoms with Gasteiger partial charge in [0.2, 0.25) is 0 Å². The highest BCUT2D eigenvalue weighted by Crippen LogP contribution is 2.58. The first-order valence-electron chi connectivity index (χ1n) is 12.1. The van der Waals surface area contributed by atoms with Crippen molar-refractivity contribution in [3.05, 3.63) is 34.9 Å². The van der Waals surface area contributed by atoms with E-state index in [9.17, 15) is 5.11 Å². The van der Waals surface area contributed by atoms with Crippen LogP contribution in [0.4, 0.5) is 0 Å². The number of hydrogen-bond acceptors (Lipinski definition) is 1. The first kappa shape index (κ1) is 21.9. The Morgan fingerprint density at radius 1 is 1.14 bits per heavy atom. The van der Waals surface area contributed by atoms with Gasteiger partial charge >= 0.3 is 0 Å². The van der Waals surface area contributed by atoms with Crippen molar-refractivity contribution >= 4 is 0 Å². The summed E-state index contributed by atoms with van der Waals surface area (Å²) in [6, 6.07) is 0. The molecule has 0 aromatic carbocycles. The molecule has 1 heteroatoms. The molecular weight excluding hydrogens is 340 g/mol. The van der Waals surface area contributed by atoms with Crippen molar-refractivity contribution < 1.29 is 5.11 Å². The fraction of sp³-hybridized carbons (Fsp3) is 0.778. The molecule has 3 rings (SSSR count). The van der Waals surface area contributed by atoms with Gasteiger partial charge in [-0.3, -0.25) is 0 Å². The second-order valence-electron chi connectivity index (χ2n) is 10.7. The van der Waals surface area contributed by atoms with E-state index in [2.05, 4.69) is 40.3 Å². The van der Waals surface area contributed by atoms with E-state index in [1.807, 2.05) is 5.57 Å². The van der Waals surface area contributed by atoms with Crippen LogP contribution in [0, 0.1) is 23.2 Å². The summed E-state index contributed by atoms with van der Waals surface area (Å²) < 4.78 is 0. The Hall–Kier alpha value is -0.820. The molecule has 158 valence electrons. The molecule has 0 spiro atoms. The molecule has 4 atom stereocenters. The predicted octanol–water partition coefficient (Wildman–Crippen LogP) is 7.76. The van der Waals surface area contributed by atoms with Crippen LogP contribution in [0.5, 0.6) is 0 Å². The fourth-order valence-corrected chi connectivity index (χ4v) is 6.53. The summed E-state index contributed by atoms with van der Waals surface area (Å²) in [5, 5.41) is 10.0. The second-order valence-corrected chi connectivity index (χ2v) is 10.7. The molecule has 3 aliphatic rings. The maximum Gasteiger partial charge on any atom is 0.0583 e. The molecule has 0 unspecified atom stereocenters. The molecule has 1 nitrogen and oxygen atoms in total. The lowest BCUT2D eigenvalue weighted by molar-refractivity contribution is 0.158. The monoisotopic (exact) mass is 384 g/mol. The van der Waals surface area contributed by atoms with Gasteiger partial charge < -0.3 is 5.11 Å². The molecule has 2 fully saturated rings. The largest absolute Gasteiger partial charge is 0.393 e. The van der Waals surface area contributed by atoms with Crippen molar-refractivity contribution in [1.82, 2.24) is 0 Å². The van der Waals surface area contributed by atoms with E-state index >= 15 is 0 Å². The van der Waals surface area contributed by atoms with Crippen LogP contribution < -0.4 is 0 Å². The Morgan fingerprint density at radius 2 is 1.93 bits per heavy atom. The number of aliphatic hydroxyl groups is 1. The topological polar surface area (TPSA) is 20.2 Å². The maximum absolute atomic E-state index is 10.0. The summed E-state index contributed by atoms with van der Waals surface area (Å²) in [5.41, 5.74) is 6.59. The highest BCUT2D eigenvalue weighted by atomic mass is 16.3. The minimum absolute atomic E-state index is 0.159. The zero-order valence-corrected chi connectivity index (χ0v) is 19.0. The van der Waals surface area contributed by atoms with Crippen LogP contribution in [-0.2, 0) is 0 Å². The van der Waals surface area contributed by atoms with Crippen LogP contribution in [0.25, 0.3) is 0 Å². The highest BCUT2D eigenvalue weighted by Gasteiger charge is 2.46. The Bertz CT molecular complexity index is 622. The molecule has 0 aromatic rings. The summed E-state index contributed by atoms with van der Waals surface area (Å²) in [6.45, 7) is 14.1. The molecule has 0 heterocycles. The van der Waals surface area contributed by atoms with Gasteiger partial charge in [0, 0.05) is 0 Å². The lowest BCUT2D eigenvalue weighted by Gasteiger charge is -2.41. The van der Waals surface area contributed by atoms with Crippen molar-refractivity contribution in [2.24, 2.45) is 23.2 Å². The van der Waals surface area contributed by atoms with E-state index in [0.29, 0.717) is 5.41 Å². The Balaban J connectivity index is 1.70. The lowest BCUT2D eigenvalue weighted by Crippen LogP contribution is -2.31. The number of fused-ring (bicyclic) bond motifs is 1. The van der Waals surface area contributed by atoms with Crippen LogP contribution in [0.15, 0.2) is 34.9 Å². The number of allylic oxidation sites excluding steroid dienone is 4. The van der Waals surface area contributed by atoms with Gasteiger partial charge in [-0.15, -0.1) is 0 Å². The average Bonchev–Trinajstić information content (AvgIpc) is 2.99. The van der Waals surface area contributed by atoms with E-state index in [1.54, 1.807) is 5.57 Å². The third-order valence-corrected chi connectivity index (χ3v) is 8.23. The van der Waals surface area contributed by atoms with E-state index < -0.39 is 0 Å². The van der Waals surface area contributed by atoms with Gasteiger partial charge in [-0.2, -0.15) is 0 Å². The van der Waals surface area contributed by atoms with Gasteiger partial charge in [0.05, 0.1) is 6.10 Å². The van der Waals surface area contributed by atoms with E-state index in [-0.39, 0.29) is 6.10 Å². The van der Waals surface area contributed by atoms with E-state index in [4.69, 9.17) is 0 Å². The van der Waals surface area contributed by atoms with Gasteiger partial charge in [-0.1, -0.05) is 76.3 Å². The normalized spacial score (nSPS) is 33.6. The zero-order valence-electron chi connectivity index (χ0n) is 19.0. The molecule has 0 aromatic heterocycles. The van der Waals surface area contributed by atoms with Crippen molar-refractivity contribution in [2.45, 2.75) is 111 Å². The van der Waals surface area contributed by atoms with Gasteiger partial charge in [-0.05, 0) is 86.5 Å². The van der Waals surface area contributed by atoms with Crippen molar-refractivity contribution in [3.63, 3.8) is 0 Å². The Kier molecular flexibility index (Phi) is 7.29. The molecule has 1 N–H and O–H groups in total. The number of aliphatic hydroxyl groups excluding tert-OH is 1. The quantitative estimate of drug-likeness (QED) is 0.445. The average molecular weight is 385 g/mol. The smallest absolute Gasteiger partial charge is 0.0583 e. The molecule has 0 amide bonds.